The molecular weight excluding hydrogens is 459 g/mol. The molecule has 0 saturated carbocycles. The van der Waals surface area contributed by atoms with Gasteiger partial charge in [-0.25, -0.2) is 0 Å². The van der Waals surface area contributed by atoms with E-state index >= 15 is 0 Å². The van der Waals surface area contributed by atoms with Gasteiger partial charge in [0.2, 0.25) is 0 Å². The third-order valence-corrected chi connectivity index (χ3v) is 6.02. The van der Waals surface area contributed by atoms with Crippen molar-refractivity contribution in [3.63, 3.8) is 0 Å². The second kappa shape index (κ2) is 10.2. The summed E-state index contributed by atoms with van der Waals surface area (Å²) in [6, 6.07) is 3.43. The minimum absolute atomic E-state index is 0.103. The van der Waals surface area contributed by atoms with Crippen LogP contribution in [0.2, 0.25) is 10.0 Å². The maximum absolute atomic E-state index is 12.8. The number of carbonyl (C=O) groups is 3. The van der Waals surface area contributed by atoms with Crippen molar-refractivity contribution in [2.24, 2.45) is 0 Å². The van der Waals surface area contributed by atoms with Crippen LogP contribution in [0.4, 0.5) is 5.69 Å². The summed E-state index contributed by atoms with van der Waals surface area (Å²) in [5.74, 6) is -1.93. The zero-order chi connectivity index (χ0) is 23.4. The fourth-order valence-electron chi connectivity index (χ4n) is 3.21. The fourth-order valence-corrected chi connectivity index (χ4v) is 3.63. The Morgan fingerprint density at radius 1 is 1.16 bits per heavy atom. The number of piperidine rings is 1. The molecule has 2 heterocycles. The molecule has 1 fully saturated rings. The molecule has 0 spiro atoms. The smallest absolute Gasteiger partial charge is 0.325 e. The predicted molar refractivity (Wildman–Crippen MR) is 121 cm³/mol. The Bertz CT molecular complexity index is 1030. The number of rotatable bonds is 7. The highest BCUT2D eigenvalue weighted by Crippen LogP contribution is 2.32. The van der Waals surface area contributed by atoms with Crippen LogP contribution in [0.3, 0.4) is 0 Å². The molecular formula is C21H24Cl2N4O5. The second-order valence-electron chi connectivity index (χ2n) is 7.52. The van der Waals surface area contributed by atoms with Gasteiger partial charge in [-0.15, -0.1) is 0 Å². The van der Waals surface area contributed by atoms with Crippen LogP contribution in [0.1, 0.15) is 46.3 Å². The number of carboxylic acid groups (broad SMARTS) is 1. The summed E-state index contributed by atoms with van der Waals surface area (Å²) in [5.41, 5.74) is 1.22. The van der Waals surface area contributed by atoms with Crippen molar-refractivity contribution >= 4 is 46.7 Å². The molecule has 5 N–H and O–H groups in total. The molecule has 1 aromatic heterocycles. The second-order valence-corrected chi connectivity index (χ2v) is 8.27. The lowest BCUT2D eigenvalue weighted by Crippen LogP contribution is -2.38. The van der Waals surface area contributed by atoms with Gasteiger partial charge in [-0.1, -0.05) is 23.2 Å². The van der Waals surface area contributed by atoms with Gasteiger partial charge in [0, 0.05) is 11.3 Å². The number of amides is 2. The highest BCUT2D eigenvalue weighted by Gasteiger charge is 2.23. The molecule has 1 atom stereocenters. The van der Waals surface area contributed by atoms with Gasteiger partial charge < -0.3 is 30.8 Å². The molecule has 1 aliphatic rings. The zero-order valence-corrected chi connectivity index (χ0v) is 19.1. The van der Waals surface area contributed by atoms with Gasteiger partial charge in [0.25, 0.3) is 11.8 Å². The number of anilines is 1. The molecule has 0 unspecified atom stereocenters. The van der Waals surface area contributed by atoms with E-state index < -0.39 is 23.8 Å². The van der Waals surface area contributed by atoms with E-state index in [-0.39, 0.29) is 27.4 Å². The van der Waals surface area contributed by atoms with Crippen molar-refractivity contribution in [3.05, 3.63) is 45.2 Å². The Balaban J connectivity index is 1.87. The summed E-state index contributed by atoms with van der Waals surface area (Å²) < 4.78 is 6.11. The van der Waals surface area contributed by atoms with E-state index in [2.05, 4.69) is 20.9 Å². The van der Waals surface area contributed by atoms with Gasteiger partial charge in [-0.3, -0.25) is 14.4 Å². The van der Waals surface area contributed by atoms with Gasteiger partial charge in [-0.05, 0) is 58.0 Å². The largest absolute Gasteiger partial charge is 0.488 e. The average molecular weight is 483 g/mol. The molecule has 2 aromatic rings. The van der Waals surface area contributed by atoms with Crippen LogP contribution in [0.5, 0.6) is 5.75 Å². The van der Waals surface area contributed by atoms with Crippen LogP contribution in [0, 0.1) is 6.92 Å². The van der Waals surface area contributed by atoms with Crippen LogP contribution in [0.15, 0.2) is 18.2 Å². The van der Waals surface area contributed by atoms with Crippen molar-refractivity contribution in [1.82, 2.24) is 15.6 Å². The van der Waals surface area contributed by atoms with Gasteiger partial charge in [0.15, 0.2) is 0 Å². The highest BCUT2D eigenvalue weighted by molar-refractivity contribution is 6.44. The third kappa shape index (κ3) is 5.53. The standard InChI is InChI=1S/C21H24Cl2N4O5/c1-10-16(22)17(23)18(25-10)20(29)27-14-4-3-12(19(28)26-11(2)21(30)31)9-15(14)32-13-5-7-24-8-6-13/h3-4,9,11,13,24-25H,5-8H2,1-2H3,(H,26,28)(H,27,29)(H,30,31)/t11-/m0/s1. The zero-order valence-electron chi connectivity index (χ0n) is 17.6. The number of hydrogen-bond acceptors (Lipinski definition) is 5. The summed E-state index contributed by atoms with van der Waals surface area (Å²) in [7, 11) is 0. The Morgan fingerprint density at radius 2 is 1.84 bits per heavy atom. The molecule has 2 amide bonds. The van der Waals surface area contributed by atoms with Gasteiger partial charge in [0.05, 0.1) is 15.7 Å². The first-order chi connectivity index (χ1) is 15.2. The number of nitrogens with one attached hydrogen (secondary N) is 4. The topological polar surface area (TPSA) is 133 Å². The van der Waals surface area contributed by atoms with Gasteiger partial charge in [-0.2, -0.15) is 0 Å². The Kier molecular flexibility index (Phi) is 7.65. The number of aromatic nitrogens is 1. The van der Waals surface area contributed by atoms with E-state index in [1.165, 1.54) is 25.1 Å². The molecule has 1 aliphatic heterocycles. The lowest BCUT2D eigenvalue weighted by molar-refractivity contribution is -0.138. The van der Waals surface area contributed by atoms with Crippen LogP contribution in [-0.2, 0) is 4.79 Å². The van der Waals surface area contributed by atoms with E-state index in [1.54, 1.807) is 6.92 Å². The number of hydrogen-bond donors (Lipinski definition) is 5. The van der Waals surface area contributed by atoms with Crippen molar-refractivity contribution in [3.8, 4) is 5.75 Å². The quantitative estimate of drug-likeness (QED) is 0.411. The maximum Gasteiger partial charge on any atom is 0.325 e. The van der Waals surface area contributed by atoms with Gasteiger partial charge >= 0.3 is 5.97 Å². The first-order valence-electron chi connectivity index (χ1n) is 10.1. The molecule has 3 rings (SSSR count). The fraction of sp³-hybridized carbons (Fsp3) is 0.381. The predicted octanol–water partition coefficient (Wildman–Crippen LogP) is 3.22. The number of benzene rings is 1. The Morgan fingerprint density at radius 3 is 2.44 bits per heavy atom. The number of carboxylic acids is 1. The van der Waals surface area contributed by atoms with Crippen LogP contribution >= 0.6 is 23.2 Å². The third-order valence-electron chi connectivity index (χ3n) is 5.07. The molecule has 1 aromatic carbocycles. The summed E-state index contributed by atoms with van der Waals surface area (Å²) >= 11 is 12.2. The monoisotopic (exact) mass is 482 g/mol. The number of carbonyl (C=O) groups excluding carboxylic acids is 2. The molecule has 9 nitrogen and oxygen atoms in total. The summed E-state index contributed by atoms with van der Waals surface area (Å²) in [6.45, 7) is 4.65. The van der Waals surface area contributed by atoms with E-state index in [0.717, 1.165) is 25.9 Å². The average Bonchev–Trinajstić information content (AvgIpc) is 3.02. The summed E-state index contributed by atoms with van der Waals surface area (Å²) in [6.07, 6.45) is 1.42. The normalized spacial score (nSPS) is 15.1. The van der Waals surface area contributed by atoms with Crippen molar-refractivity contribution in [2.45, 2.75) is 38.8 Å². The Labute approximate surface area is 194 Å². The number of ether oxygens (including phenoxy) is 1. The van der Waals surface area contributed by atoms with Crippen molar-refractivity contribution in [2.75, 3.05) is 18.4 Å². The highest BCUT2D eigenvalue weighted by atomic mass is 35.5. The van der Waals surface area contributed by atoms with E-state index in [0.29, 0.717) is 17.1 Å². The van der Waals surface area contributed by atoms with E-state index in [4.69, 9.17) is 33.0 Å². The molecule has 32 heavy (non-hydrogen) atoms. The van der Waals surface area contributed by atoms with Gasteiger partial charge in [0.1, 0.15) is 23.6 Å². The summed E-state index contributed by atoms with van der Waals surface area (Å²) in [5, 5.41) is 17.8. The molecule has 172 valence electrons. The first kappa shape index (κ1) is 23.9. The molecule has 0 aliphatic carbocycles. The maximum atomic E-state index is 12.8. The van der Waals surface area contributed by atoms with Crippen molar-refractivity contribution in [1.29, 1.82) is 0 Å². The molecule has 0 radical (unpaired) electrons. The Hall–Kier alpha value is -2.75. The van der Waals surface area contributed by atoms with Crippen LogP contribution in [0.25, 0.3) is 0 Å². The minimum Gasteiger partial charge on any atom is -0.488 e. The first-order valence-corrected chi connectivity index (χ1v) is 10.8. The van der Waals surface area contributed by atoms with E-state index in [1.807, 2.05) is 0 Å². The van der Waals surface area contributed by atoms with Crippen LogP contribution < -0.4 is 20.7 Å². The molecule has 0 bridgehead atoms. The number of H-pyrrole nitrogens is 1. The van der Waals surface area contributed by atoms with Crippen LogP contribution in [-0.4, -0.2) is 53.1 Å². The number of aromatic amines is 1. The van der Waals surface area contributed by atoms with E-state index in [9.17, 15) is 14.4 Å². The number of aryl methyl sites for hydroxylation is 1. The lowest BCUT2D eigenvalue weighted by atomic mass is 10.1. The lowest BCUT2D eigenvalue weighted by Gasteiger charge is -2.25. The van der Waals surface area contributed by atoms with Crippen molar-refractivity contribution < 1.29 is 24.2 Å². The number of aliphatic carboxylic acids is 1. The summed E-state index contributed by atoms with van der Waals surface area (Å²) in [4.78, 5) is 39.2. The SMILES string of the molecule is Cc1[nH]c(C(=O)Nc2ccc(C(=O)N[C@@H](C)C(=O)O)cc2OC2CCNCC2)c(Cl)c1Cl. The molecule has 11 heteroatoms. The molecule has 1 saturated heterocycles. The number of halogens is 2. The minimum atomic E-state index is -1.15.